The summed E-state index contributed by atoms with van der Waals surface area (Å²) in [6, 6.07) is 13.3. The highest BCUT2D eigenvalue weighted by Gasteiger charge is 1.96. The van der Waals surface area contributed by atoms with E-state index < -0.39 is 0 Å². The van der Waals surface area contributed by atoms with Crippen molar-refractivity contribution >= 4 is 6.21 Å². The number of aromatic nitrogens is 1. The average Bonchev–Trinajstić information content (AvgIpc) is 2.40. The van der Waals surface area contributed by atoms with E-state index in [1.165, 1.54) is 0 Å². The smallest absolute Gasteiger partial charge is 0.130 e. The molecule has 1 aromatic heterocycles. The minimum Gasteiger partial charge on any atom is -0.487 e. The van der Waals surface area contributed by atoms with Crippen molar-refractivity contribution in [3.8, 4) is 5.75 Å². The number of hydrazone groups is 1. The van der Waals surface area contributed by atoms with Crippen molar-refractivity contribution in [2.45, 2.75) is 6.61 Å². The van der Waals surface area contributed by atoms with Crippen molar-refractivity contribution in [3.63, 3.8) is 0 Å². The minimum atomic E-state index is 0.463. The molecule has 0 aliphatic carbocycles. The maximum absolute atomic E-state index is 5.59. The largest absolute Gasteiger partial charge is 0.487 e. The molecule has 0 saturated heterocycles. The molecule has 0 spiro atoms. The molecule has 0 aliphatic rings. The van der Waals surface area contributed by atoms with Crippen molar-refractivity contribution in [2.24, 2.45) is 10.9 Å². The van der Waals surface area contributed by atoms with E-state index in [2.05, 4.69) is 10.1 Å². The van der Waals surface area contributed by atoms with E-state index in [0.29, 0.717) is 6.61 Å². The molecule has 0 unspecified atom stereocenters. The highest BCUT2D eigenvalue weighted by atomic mass is 16.5. The summed E-state index contributed by atoms with van der Waals surface area (Å²) in [7, 11) is 0. The van der Waals surface area contributed by atoms with Crippen LogP contribution in [0.4, 0.5) is 0 Å². The molecule has 0 atom stereocenters. The summed E-state index contributed by atoms with van der Waals surface area (Å²) in [4.78, 5) is 4.18. The second kappa shape index (κ2) is 5.65. The lowest BCUT2D eigenvalue weighted by Gasteiger charge is -2.05. The number of rotatable bonds is 4. The van der Waals surface area contributed by atoms with Crippen LogP contribution in [0.15, 0.2) is 53.8 Å². The lowest BCUT2D eigenvalue weighted by molar-refractivity contribution is 0.301. The quantitative estimate of drug-likeness (QED) is 0.493. The first-order valence-corrected chi connectivity index (χ1v) is 5.24. The Kier molecular flexibility index (Phi) is 3.70. The van der Waals surface area contributed by atoms with Crippen LogP contribution in [-0.4, -0.2) is 11.2 Å². The molecule has 0 amide bonds. The fraction of sp³-hybridized carbons (Fsp3) is 0.0769. The second-order valence-electron chi connectivity index (χ2n) is 3.46. The summed E-state index contributed by atoms with van der Waals surface area (Å²) in [6.45, 7) is 0.463. The predicted molar refractivity (Wildman–Crippen MR) is 66.8 cm³/mol. The van der Waals surface area contributed by atoms with Gasteiger partial charge in [-0.05, 0) is 42.0 Å². The molecule has 86 valence electrons. The number of hydrogen-bond donors (Lipinski definition) is 1. The Bertz CT molecular complexity index is 480. The predicted octanol–water partition coefficient (Wildman–Crippen LogP) is 1.95. The number of ether oxygens (including phenoxy) is 1. The zero-order valence-corrected chi connectivity index (χ0v) is 9.28. The molecule has 0 bridgehead atoms. The Morgan fingerprint density at radius 3 is 2.65 bits per heavy atom. The standard InChI is InChI=1S/C13H13N3O/c14-16-9-11-4-6-13(7-5-11)17-10-12-3-1-2-8-15-12/h1-9H,10,14H2. The summed E-state index contributed by atoms with van der Waals surface area (Å²) in [5.41, 5.74) is 1.85. The van der Waals surface area contributed by atoms with E-state index in [1.54, 1.807) is 12.4 Å². The first-order valence-electron chi connectivity index (χ1n) is 5.24. The molecule has 1 heterocycles. The molecule has 0 aliphatic heterocycles. The summed E-state index contributed by atoms with van der Waals surface area (Å²) in [6.07, 6.45) is 3.34. The molecule has 4 heteroatoms. The molecule has 0 radical (unpaired) electrons. The van der Waals surface area contributed by atoms with E-state index in [1.807, 2.05) is 42.5 Å². The van der Waals surface area contributed by atoms with Gasteiger partial charge in [0.05, 0.1) is 11.9 Å². The number of pyridine rings is 1. The van der Waals surface area contributed by atoms with Crippen LogP contribution < -0.4 is 10.6 Å². The highest BCUT2D eigenvalue weighted by Crippen LogP contribution is 2.12. The maximum atomic E-state index is 5.59. The minimum absolute atomic E-state index is 0.463. The van der Waals surface area contributed by atoms with Crippen LogP contribution in [0.25, 0.3) is 0 Å². The number of hydrogen-bond acceptors (Lipinski definition) is 4. The van der Waals surface area contributed by atoms with Crippen molar-refractivity contribution in [2.75, 3.05) is 0 Å². The third-order valence-electron chi connectivity index (χ3n) is 2.22. The number of benzene rings is 1. The van der Waals surface area contributed by atoms with Gasteiger partial charge in [-0.3, -0.25) is 4.98 Å². The Labute approximate surface area is 99.8 Å². The fourth-order valence-corrected chi connectivity index (χ4v) is 1.38. The number of nitrogens with two attached hydrogens (primary N) is 1. The first kappa shape index (κ1) is 11.1. The van der Waals surface area contributed by atoms with Crippen molar-refractivity contribution in [1.29, 1.82) is 0 Å². The Morgan fingerprint density at radius 2 is 2.00 bits per heavy atom. The normalized spacial score (nSPS) is 10.6. The van der Waals surface area contributed by atoms with Crippen LogP contribution >= 0.6 is 0 Å². The summed E-state index contributed by atoms with van der Waals surface area (Å²) < 4.78 is 5.59. The van der Waals surface area contributed by atoms with Gasteiger partial charge in [0, 0.05) is 6.20 Å². The Balaban J connectivity index is 1.95. The summed E-state index contributed by atoms with van der Waals surface area (Å²) in [5, 5.41) is 3.45. The highest BCUT2D eigenvalue weighted by molar-refractivity contribution is 5.79. The Morgan fingerprint density at radius 1 is 1.18 bits per heavy atom. The van der Waals surface area contributed by atoms with Gasteiger partial charge in [-0.15, -0.1) is 0 Å². The van der Waals surface area contributed by atoms with E-state index in [-0.39, 0.29) is 0 Å². The average molecular weight is 227 g/mol. The van der Waals surface area contributed by atoms with E-state index in [4.69, 9.17) is 10.6 Å². The van der Waals surface area contributed by atoms with Crippen molar-refractivity contribution in [1.82, 2.24) is 4.98 Å². The first-order chi connectivity index (χ1) is 8.38. The lowest BCUT2D eigenvalue weighted by atomic mass is 10.2. The van der Waals surface area contributed by atoms with Gasteiger partial charge in [-0.1, -0.05) is 6.07 Å². The van der Waals surface area contributed by atoms with Crippen LogP contribution in [0, 0.1) is 0 Å². The zero-order chi connectivity index (χ0) is 11.9. The molecular weight excluding hydrogens is 214 g/mol. The molecular formula is C13H13N3O. The zero-order valence-electron chi connectivity index (χ0n) is 9.28. The Hall–Kier alpha value is -2.36. The monoisotopic (exact) mass is 227 g/mol. The van der Waals surface area contributed by atoms with Gasteiger partial charge in [0.25, 0.3) is 0 Å². The van der Waals surface area contributed by atoms with Gasteiger partial charge in [0.1, 0.15) is 12.4 Å². The van der Waals surface area contributed by atoms with Crippen LogP contribution in [0.2, 0.25) is 0 Å². The molecule has 0 saturated carbocycles. The topological polar surface area (TPSA) is 60.5 Å². The SMILES string of the molecule is NN=Cc1ccc(OCc2ccccn2)cc1. The molecule has 2 aromatic rings. The van der Waals surface area contributed by atoms with Gasteiger partial charge in [0.15, 0.2) is 0 Å². The summed E-state index contributed by atoms with van der Waals surface area (Å²) in [5.74, 6) is 5.86. The second-order valence-corrected chi connectivity index (χ2v) is 3.46. The van der Waals surface area contributed by atoms with Gasteiger partial charge in [-0.25, -0.2) is 0 Å². The molecule has 1 aromatic carbocycles. The van der Waals surface area contributed by atoms with Crippen molar-refractivity contribution in [3.05, 3.63) is 59.9 Å². The van der Waals surface area contributed by atoms with E-state index in [0.717, 1.165) is 17.0 Å². The third kappa shape index (κ3) is 3.31. The third-order valence-corrected chi connectivity index (χ3v) is 2.22. The molecule has 2 N–H and O–H groups in total. The molecule has 4 nitrogen and oxygen atoms in total. The van der Waals surface area contributed by atoms with Crippen molar-refractivity contribution < 1.29 is 4.74 Å². The van der Waals surface area contributed by atoms with Crippen LogP contribution in [0.1, 0.15) is 11.3 Å². The van der Waals surface area contributed by atoms with E-state index in [9.17, 15) is 0 Å². The van der Waals surface area contributed by atoms with Gasteiger partial charge >= 0.3 is 0 Å². The maximum Gasteiger partial charge on any atom is 0.130 e. The number of nitrogens with zero attached hydrogens (tertiary/aromatic N) is 2. The van der Waals surface area contributed by atoms with Crippen LogP contribution in [0.3, 0.4) is 0 Å². The molecule has 0 fully saturated rings. The van der Waals surface area contributed by atoms with E-state index >= 15 is 0 Å². The molecule has 2 rings (SSSR count). The van der Waals surface area contributed by atoms with Gasteiger partial charge in [-0.2, -0.15) is 5.10 Å². The van der Waals surface area contributed by atoms with Gasteiger partial charge in [0.2, 0.25) is 0 Å². The molecule has 17 heavy (non-hydrogen) atoms. The van der Waals surface area contributed by atoms with Crippen LogP contribution in [0.5, 0.6) is 5.75 Å². The lowest BCUT2D eigenvalue weighted by Crippen LogP contribution is -1.97. The van der Waals surface area contributed by atoms with Gasteiger partial charge < -0.3 is 10.6 Å². The summed E-state index contributed by atoms with van der Waals surface area (Å²) >= 11 is 0. The fourth-order valence-electron chi connectivity index (χ4n) is 1.38. The van der Waals surface area contributed by atoms with Crippen LogP contribution in [-0.2, 0) is 6.61 Å².